The van der Waals surface area contributed by atoms with Gasteiger partial charge in [0.1, 0.15) is 0 Å². The third-order valence-electron chi connectivity index (χ3n) is 5.30. The molecule has 2 amide bonds. The van der Waals surface area contributed by atoms with Crippen LogP contribution < -0.4 is 5.32 Å². The maximum absolute atomic E-state index is 12.8. The lowest BCUT2D eigenvalue weighted by Crippen LogP contribution is -2.54. The average molecular weight is 338 g/mol. The van der Waals surface area contributed by atoms with Gasteiger partial charge >= 0.3 is 0 Å². The fourth-order valence-corrected chi connectivity index (χ4v) is 3.84. The summed E-state index contributed by atoms with van der Waals surface area (Å²) in [6.07, 6.45) is 3.66. The zero-order chi connectivity index (χ0) is 16.8. The van der Waals surface area contributed by atoms with Crippen molar-refractivity contribution >= 4 is 11.8 Å². The number of nitrogens with zero attached hydrogens (tertiary/aromatic N) is 3. The number of amides is 2. The fraction of sp³-hybridized carbons (Fsp3) is 0.882. The van der Waals surface area contributed by atoms with Crippen LogP contribution in [-0.4, -0.2) is 98.1 Å². The summed E-state index contributed by atoms with van der Waals surface area (Å²) in [5, 5.41) is 3.27. The van der Waals surface area contributed by atoms with Crippen LogP contribution >= 0.6 is 0 Å². The van der Waals surface area contributed by atoms with Gasteiger partial charge in [-0.2, -0.15) is 0 Å². The Labute approximate surface area is 144 Å². The molecule has 1 atom stereocenters. The van der Waals surface area contributed by atoms with Gasteiger partial charge in [-0.3, -0.25) is 14.5 Å². The summed E-state index contributed by atoms with van der Waals surface area (Å²) < 4.78 is 5.35. The van der Waals surface area contributed by atoms with E-state index in [1.54, 1.807) is 0 Å². The molecule has 136 valence electrons. The minimum absolute atomic E-state index is 0.0485. The molecule has 3 saturated heterocycles. The van der Waals surface area contributed by atoms with Crippen molar-refractivity contribution in [3.05, 3.63) is 0 Å². The molecule has 3 fully saturated rings. The predicted molar refractivity (Wildman–Crippen MR) is 90.7 cm³/mol. The molecule has 7 heteroatoms. The van der Waals surface area contributed by atoms with Crippen molar-refractivity contribution in [2.75, 3.05) is 65.6 Å². The van der Waals surface area contributed by atoms with Crippen LogP contribution in [-0.2, 0) is 14.3 Å². The number of carbonyl (C=O) groups excluding carboxylic acids is 2. The maximum Gasteiger partial charge on any atom is 0.240 e. The fourth-order valence-electron chi connectivity index (χ4n) is 3.84. The first-order valence-corrected chi connectivity index (χ1v) is 9.35. The van der Waals surface area contributed by atoms with E-state index >= 15 is 0 Å². The molecule has 3 rings (SSSR count). The maximum atomic E-state index is 12.8. The Bertz CT molecular complexity index is 434. The van der Waals surface area contributed by atoms with E-state index in [1.807, 2.05) is 9.80 Å². The second-order valence-corrected chi connectivity index (χ2v) is 6.87. The van der Waals surface area contributed by atoms with Gasteiger partial charge in [0.25, 0.3) is 0 Å². The topological polar surface area (TPSA) is 65.1 Å². The van der Waals surface area contributed by atoms with E-state index < -0.39 is 0 Å². The van der Waals surface area contributed by atoms with Crippen LogP contribution in [0.5, 0.6) is 0 Å². The third kappa shape index (κ3) is 4.46. The first-order valence-electron chi connectivity index (χ1n) is 9.35. The van der Waals surface area contributed by atoms with Crippen molar-refractivity contribution in [2.45, 2.75) is 31.7 Å². The highest BCUT2D eigenvalue weighted by Gasteiger charge is 2.32. The number of rotatable bonds is 4. The van der Waals surface area contributed by atoms with E-state index in [1.165, 1.54) is 0 Å². The number of piperidine rings is 1. The minimum Gasteiger partial charge on any atom is -0.378 e. The van der Waals surface area contributed by atoms with Gasteiger partial charge in [0.2, 0.25) is 11.8 Å². The molecule has 0 aromatic carbocycles. The van der Waals surface area contributed by atoms with Gasteiger partial charge in [0.15, 0.2) is 0 Å². The molecule has 0 aromatic rings. The normalized spacial score (nSPS) is 26.4. The van der Waals surface area contributed by atoms with Gasteiger partial charge in [0, 0.05) is 52.2 Å². The molecule has 3 aliphatic rings. The molecule has 3 aliphatic heterocycles. The molecule has 24 heavy (non-hydrogen) atoms. The first kappa shape index (κ1) is 17.6. The standard InChI is InChI=1S/C17H30N4O3/c22-16(20-9-5-18-6-10-20)4-8-19-7-2-1-3-15(19)17(23)21-11-13-24-14-12-21/h15,18H,1-14H2. The van der Waals surface area contributed by atoms with Crippen LogP contribution in [0.3, 0.4) is 0 Å². The van der Waals surface area contributed by atoms with Crippen molar-refractivity contribution in [2.24, 2.45) is 0 Å². The monoisotopic (exact) mass is 338 g/mol. The van der Waals surface area contributed by atoms with E-state index in [4.69, 9.17) is 4.74 Å². The zero-order valence-corrected chi connectivity index (χ0v) is 14.5. The van der Waals surface area contributed by atoms with Crippen molar-refractivity contribution < 1.29 is 14.3 Å². The third-order valence-corrected chi connectivity index (χ3v) is 5.30. The Kier molecular flexibility index (Phi) is 6.45. The quantitative estimate of drug-likeness (QED) is 0.750. The van der Waals surface area contributed by atoms with Gasteiger partial charge in [-0.25, -0.2) is 0 Å². The minimum atomic E-state index is -0.0485. The van der Waals surface area contributed by atoms with Crippen LogP contribution in [0.2, 0.25) is 0 Å². The zero-order valence-electron chi connectivity index (χ0n) is 14.5. The number of likely N-dealkylation sites (tertiary alicyclic amines) is 1. The molecular weight excluding hydrogens is 308 g/mol. The molecule has 0 bridgehead atoms. The summed E-state index contributed by atoms with van der Waals surface area (Å²) in [5.41, 5.74) is 0. The summed E-state index contributed by atoms with van der Waals surface area (Å²) in [5.74, 6) is 0.451. The Morgan fingerprint density at radius 3 is 2.46 bits per heavy atom. The van der Waals surface area contributed by atoms with Gasteiger partial charge in [-0.05, 0) is 19.4 Å². The second kappa shape index (κ2) is 8.78. The predicted octanol–water partition coefficient (Wildman–Crippen LogP) is -0.478. The number of hydrogen-bond donors (Lipinski definition) is 1. The molecule has 0 radical (unpaired) electrons. The van der Waals surface area contributed by atoms with E-state index in [9.17, 15) is 9.59 Å². The number of ether oxygens (including phenoxy) is 1. The summed E-state index contributed by atoms with van der Waals surface area (Å²) in [7, 11) is 0. The van der Waals surface area contributed by atoms with Crippen molar-refractivity contribution in [3.8, 4) is 0 Å². The number of morpholine rings is 1. The summed E-state index contributed by atoms with van der Waals surface area (Å²) in [6.45, 7) is 7.66. The number of piperazine rings is 1. The molecule has 0 aliphatic carbocycles. The van der Waals surface area contributed by atoms with Crippen molar-refractivity contribution in [3.63, 3.8) is 0 Å². The highest BCUT2D eigenvalue weighted by molar-refractivity contribution is 5.82. The Hall–Kier alpha value is -1.18. The lowest BCUT2D eigenvalue weighted by molar-refractivity contribution is -0.143. The Morgan fingerprint density at radius 1 is 0.958 bits per heavy atom. The van der Waals surface area contributed by atoms with Gasteiger partial charge in [0.05, 0.1) is 19.3 Å². The van der Waals surface area contributed by atoms with Crippen molar-refractivity contribution in [1.82, 2.24) is 20.0 Å². The number of hydrogen-bond acceptors (Lipinski definition) is 5. The molecule has 1 unspecified atom stereocenters. The number of carbonyl (C=O) groups is 2. The molecule has 0 spiro atoms. The summed E-state index contributed by atoms with van der Waals surface area (Å²) in [6, 6.07) is -0.0485. The van der Waals surface area contributed by atoms with E-state index in [-0.39, 0.29) is 17.9 Å². The second-order valence-electron chi connectivity index (χ2n) is 6.87. The lowest BCUT2D eigenvalue weighted by atomic mass is 10.00. The Morgan fingerprint density at radius 2 is 1.71 bits per heavy atom. The highest BCUT2D eigenvalue weighted by Crippen LogP contribution is 2.20. The highest BCUT2D eigenvalue weighted by atomic mass is 16.5. The van der Waals surface area contributed by atoms with Crippen molar-refractivity contribution in [1.29, 1.82) is 0 Å². The SMILES string of the molecule is O=C(CCN1CCCCC1C(=O)N1CCOCC1)N1CCNCC1. The summed E-state index contributed by atoms with van der Waals surface area (Å²) in [4.78, 5) is 31.3. The van der Waals surface area contributed by atoms with Crippen LogP contribution in [0.25, 0.3) is 0 Å². The van der Waals surface area contributed by atoms with Gasteiger partial charge in [-0.1, -0.05) is 6.42 Å². The molecule has 3 heterocycles. The largest absolute Gasteiger partial charge is 0.378 e. The van der Waals surface area contributed by atoms with Crippen LogP contribution in [0.1, 0.15) is 25.7 Å². The average Bonchev–Trinajstić information content (AvgIpc) is 2.67. The molecule has 7 nitrogen and oxygen atoms in total. The van der Waals surface area contributed by atoms with E-state index in [0.717, 1.165) is 52.0 Å². The first-order chi connectivity index (χ1) is 11.8. The number of nitrogens with one attached hydrogen (secondary N) is 1. The molecule has 0 saturated carbocycles. The van der Waals surface area contributed by atoms with Crippen LogP contribution in [0.4, 0.5) is 0 Å². The van der Waals surface area contributed by atoms with E-state index in [0.29, 0.717) is 39.3 Å². The Balaban J connectivity index is 1.51. The lowest BCUT2D eigenvalue weighted by Gasteiger charge is -2.39. The van der Waals surface area contributed by atoms with E-state index in [2.05, 4.69) is 10.2 Å². The molecular formula is C17H30N4O3. The van der Waals surface area contributed by atoms with Crippen LogP contribution in [0.15, 0.2) is 0 Å². The molecule has 0 aromatic heterocycles. The van der Waals surface area contributed by atoms with Gasteiger partial charge < -0.3 is 19.9 Å². The molecule has 1 N–H and O–H groups in total. The van der Waals surface area contributed by atoms with Gasteiger partial charge in [-0.15, -0.1) is 0 Å². The summed E-state index contributed by atoms with van der Waals surface area (Å²) >= 11 is 0. The smallest absolute Gasteiger partial charge is 0.240 e. The van der Waals surface area contributed by atoms with Crippen LogP contribution in [0, 0.1) is 0 Å².